The number of ether oxygens (including phenoxy) is 1. The molecule has 0 unspecified atom stereocenters. The maximum atomic E-state index is 12.0. The summed E-state index contributed by atoms with van der Waals surface area (Å²) in [4.78, 5) is 12.0. The van der Waals surface area contributed by atoms with Crippen LogP contribution in [0, 0.1) is 0 Å². The summed E-state index contributed by atoms with van der Waals surface area (Å²) in [7, 11) is 3.46. The molecule has 0 atom stereocenters. The first-order valence-corrected chi connectivity index (χ1v) is 6.86. The Morgan fingerprint density at radius 2 is 2.09 bits per heavy atom. The smallest absolute Gasteiger partial charge is 0.267 e. The number of rotatable bonds is 4. The fourth-order valence-corrected chi connectivity index (χ4v) is 2.21. The van der Waals surface area contributed by atoms with Crippen molar-refractivity contribution < 1.29 is 4.74 Å². The molecule has 0 radical (unpaired) electrons. The molecule has 6 heteroatoms. The highest BCUT2D eigenvalue weighted by Gasteiger charge is 2.06. The minimum absolute atomic E-state index is 0.143. The lowest BCUT2D eigenvalue weighted by molar-refractivity contribution is 0.414. The minimum Gasteiger partial charge on any atom is -0.497 e. The van der Waals surface area contributed by atoms with Crippen molar-refractivity contribution >= 4 is 0 Å². The molecule has 0 aliphatic heterocycles. The summed E-state index contributed by atoms with van der Waals surface area (Å²) in [6.45, 7) is 0.393. The van der Waals surface area contributed by atoms with Gasteiger partial charge in [-0.1, -0.05) is 12.1 Å². The summed E-state index contributed by atoms with van der Waals surface area (Å²) in [5.41, 5.74) is 2.41. The summed E-state index contributed by atoms with van der Waals surface area (Å²) in [6, 6.07) is 10.8. The van der Waals surface area contributed by atoms with Gasteiger partial charge in [0.1, 0.15) is 5.75 Å². The van der Waals surface area contributed by atoms with E-state index < -0.39 is 0 Å². The predicted molar refractivity (Wildman–Crippen MR) is 82.8 cm³/mol. The van der Waals surface area contributed by atoms with Gasteiger partial charge in [0.15, 0.2) is 0 Å². The zero-order valence-corrected chi connectivity index (χ0v) is 12.4. The Kier molecular flexibility index (Phi) is 3.74. The van der Waals surface area contributed by atoms with Gasteiger partial charge < -0.3 is 4.74 Å². The second kappa shape index (κ2) is 5.85. The van der Waals surface area contributed by atoms with E-state index in [-0.39, 0.29) is 5.56 Å². The van der Waals surface area contributed by atoms with Crippen molar-refractivity contribution in [2.75, 3.05) is 7.11 Å². The molecular weight excluding hydrogens is 280 g/mol. The van der Waals surface area contributed by atoms with Crippen molar-refractivity contribution in [1.29, 1.82) is 0 Å². The van der Waals surface area contributed by atoms with Crippen LogP contribution in [0.5, 0.6) is 5.75 Å². The van der Waals surface area contributed by atoms with Crippen molar-refractivity contribution in [1.82, 2.24) is 19.6 Å². The highest BCUT2D eigenvalue weighted by molar-refractivity contribution is 5.55. The minimum atomic E-state index is -0.143. The number of methoxy groups -OCH3 is 1. The molecule has 1 aromatic carbocycles. The van der Waals surface area contributed by atoms with E-state index in [1.165, 1.54) is 10.7 Å². The number of aryl methyl sites for hydroxylation is 1. The number of hydrogen-bond acceptors (Lipinski definition) is 4. The van der Waals surface area contributed by atoms with Gasteiger partial charge in [0.2, 0.25) is 0 Å². The van der Waals surface area contributed by atoms with E-state index >= 15 is 0 Å². The third kappa shape index (κ3) is 2.90. The number of nitrogens with zero attached hydrogens (tertiary/aromatic N) is 4. The van der Waals surface area contributed by atoms with E-state index in [9.17, 15) is 4.79 Å². The number of hydrogen-bond donors (Lipinski definition) is 0. The summed E-state index contributed by atoms with van der Waals surface area (Å²) in [5.74, 6) is 0.758. The van der Waals surface area contributed by atoms with Crippen molar-refractivity contribution in [2.24, 2.45) is 7.05 Å². The Morgan fingerprint density at radius 1 is 1.23 bits per heavy atom. The molecule has 0 fully saturated rings. The van der Waals surface area contributed by atoms with Crippen molar-refractivity contribution in [3.63, 3.8) is 0 Å². The lowest BCUT2D eigenvalue weighted by atomic mass is 10.2. The van der Waals surface area contributed by atoms with Gasteiger partial charge in [-0.05, 0) is 23.8 Å². The molecule has 6 nitrogen and oxygen atoms in total. The van der Waals surface area contributed by atoms with E-state index in [1.807, 2.05) is 37.5 Å². The maximum Gasteiger partial charge on any atom is 0.267 e. The van der Waals surface area contributed by atoms with Crippen LogP contribution >= 0.6 is 0 Å². The molecule has 2 aromatic heterocycles. The van der Waals surface area contributed by atoms with Crippen LogP contribution in [0.1, 0.15) is 5.56 Å². The van der Waals surface area contributed by atoms with Crippen LogP contribution < -0.4 is 10.3 Å². The van der Waals surface area contributed by atoms with Crippen LogP contribution in [-0.2, 0) is 13.6 Å². The highest BCUT2D eigenvalue weighted by atomic mass is 16.5. The average Bonchev–Trinajstić information content (AvgIpc) is 2.96. The zero-order valence-electron chi connectivity index (χ0n) is 12.4. The SMILES string of the molecule is COc1cccc(Cn2nc(-c3cnn(C)c3)ccc2=O)c1. The first kappa shape index (κ1) is 14.1. The fraction of sp³-hybridized carbons (Fsp3) is 0.188. The molecule has 3 aromatic rings. The van der Waals surface area contributed by atoms with Gasteiger partial charge in [-0.2, -0.15) is 10.2 Å². The molecule has 3 rings (SSSR count). The lowest BCUT2D eigenvalue weighted by Crippen LogP contribution is -2.22. The van der Waals surface area contributed by atoms with Crippen molar-refractivity contribution in [2.45, 2.75) is 6.54 Å². The first-order valence-electron chi connectivity index (χ1n) is 6.86. The van der Waals surface area contributed by atoms with Crippen LogP contribution in [0.2, 0.25) is 0 Å². The van der Waals surface area contributed by atoms with Crippen LogP contribution in [0.4, 0.5) is 0 Å². The van der Waals surface area contributed by atoms with E-state index in [1.54, 1.807) is 24.1 Å². The maximum absolute atomic E-state index is 12.0. The van der Waals surface area contributed by atoms with Gasteiger partial charge in [0.05, 0.1) is 25.5 Å². The second-order valence-electron chi connectivity index (χ2n) is 4.97. The molecule has 0 saturated heterocycles. The van der Waals surface area contributed by atoms with Crippen molar-refractivity contribution in [3.05, 3.63) is 64.7 Å². The highest BCUT2D eigenvalue weighted by Crippen LogP contribution is 2.15. The van der Waals surface area contributed by atoms with E-state index in [0.29, 0.717) is 6.54 Å². The summed E-state index contributed by atoms with van der Waals surface area (Å²) in [6.07, 6.45) is 3.59. The molecule has 0 spiro atoms. The molecule has 2 heterocycles. The Morgan fingerprint density at radius 3 is 2.82 bits per heavy atom. The van der Waals surface area contributed by atoms with Crippen LogP contribution in [0.3, 0.4) is 0 Å². The Balaban J connectivity index is 1.94. The quantitative estimate of drug-likeness (QED) is 0.735. The Hall–Kier alpha value is -2.89. The summed E-state index contributed by atoms with van der Waals surface area (Å²) >= 11 is 0. The third-order valence-electron chi connectivity index (χ3n) is 3.33. The van der Waals surface area contributed by atoms with Gasteiger partial charge in [0, 0.05) is 24.9 Å². The molecule has 22 heavy (non-hydrogen) atoms. The van der Waals surface area contributed by atoms with E-state index in [2.05, 4.69) is 10.2 Å². The topological polar surface area (TPSA) is 61.9 Å². The van der Waals surface area contributed by atoms with Gasteiger partial charge in [-0.15, -0.1) is 0 Å². The third-order valence-corrected chi connectivity index (χ3v) is 3.33. The Labute approximate surface area is 127 Å². The molecule has 0 aliphatic rings. The monoisotopic (exact) mass is 296 g/mol. The molecule has 0 bridgehead atoms. The van der Waals surface area contributed by atoms with Crippen molar-refractivity contribution in [3.8, 4) is 17.0 Å². The summed E-state index contributed by atoms with van der Waals surface area (Å²) < 4.78 is 8.34. The normalized spacial score (nSPS) is 10.6. The molecule has 0 aliphatic carbocycles. The molecule has 0 N–H and O–H groups in total. The Bertz CT molecular complexity index is 851. The van der Waals surface area contributed by atoms with E-state index in [0.717, 1.165) is 22.6 Å². The lowest BCUT2D eigenvalue weighted by Gasteiger charge is -2.07. The standard InChI is InChI=1S/C16H16N4O2/c1-19-11-13(9-17-19)15-6-7-16(21)20(18-15)10-12-4-3-5-14(8-12)22-2/h3-9,11H,10H2,1-2H3. The average molecular weight is 296 g/mol. The van der Waals surface area contributed by atoms with Crippen LogP contribution in [0.25, 0.3) is 11.3 Å². The van der Waals surface area contributed by atoms with Crippen LogP contribution in [0.15, 0.2) is 53.6 Å². The summed E-state index contributed by atoms with van der Waals surface area (Å²) in [5, 5.41) is 8.54. The predicted octanol–water partition coefficient (Wildman–Crippen LogP) is 1.70. The molecular formula is C16H16N4O2. The second-order valence-corrected chi connectivity index (χ2v) is 4.97. The number of benzene rings is 1. The van der Waals surface area contributed by atoms with Gasteiger partial charge in [-0.25, -0.2) is 4.68 Å². The largest absolute Gasteiger partial charge is 0.497 e. The zero-order chi connectivity index (χ0) is 15.5. The van der Waals surface area contributed by atoms with Gasteiger partial charge in [-0.3, -0.25) is 9.48 Å². The molecule has 112 valence electrons. The van der Waals surface area contributed by atoms with Gasteiger partial charge >= 0.3 is 0 Å². The fourth-order valence-electron chi connectivity index (χ4n) is 2.21. The first-order chi connectivity index (χ1) is 10.7. The van der Waals surface area contributed by atoms with Crippen LogP contribution in [-0.4, -0.2) is 26.7 Å². The number of aromatic nitrogens is 4. The van der Waals surface area contributed by atoms with E-state index in [4.69, 9.17) is 4.74 Å². The molecule has 0 amide bonds. The van der Waals surface area contributed by atoms with Gasteiger partial charge in [0.25, 0.3) is 5.56 Å². The molecule has 0 saturated carbocycles.